The lowest BCUT2D eigenvalue weighted by Gasteiger charge is -2.05. The van der Waals surface area contributed by atoms with Crippen LogP contribution in [-0.4, -0.2) is 19.7 Å². The first kappa shape index (κ1) is 17.2. The Bertz CT molecular complexity index is 838. The van der Waals surface area contributed by atoms with E-state index < -0.39 is 11.9 Å². The first-order chi connectivity index (χ1) is 10.4. The summed E-state index contributed by atoms with van der Waals surface area (Å²) >= 11 is 1.38. The predicted molar refractivity (Wildman–Crippen MR) is 81.7 cm³/mol. The zero-order valence-electron chi connectivity index (χ0n) is 11.4. The molecule has 0 saturated heterocycles. The minimum absolute atomic E-state index is 0. The van der Waals surface area contributed by atoms with Gasteiger partial charge in [-0.25, -0.2) is 9.89 Å². The quantitative estimate of drug-likeness (QED) is 0.778. The van der Waals surface area contributed by atoms with Crippen molar-refractivity contribution < 1.29 is 13.2 Å². The van der Waals surface area contributed by atoms with Crippen molar-refractivity contribution in [1.29, 1.82) is 0 Å². The van der Waals surface area contributed by atoms with Crippen molar-refractivity contribution in [1.82, 2.24) is 19.7 Å². The molecule has 0 spiro atoms. The van der Waals surface area contributed by atoms with Gasteiger partial charge in [0.05, 0.1) is 6.54 Å². The molecule has 0 aromatic carbocycles. The number of nitrogens with zero attached hydrogens (tertiary/aromatic N) is 3. The number of aromatic nitrogens is 4. The average Bonchev–Trinajstić information content (AvgIpc) is 3.09. The number of halogens is 4. The zero-order chi connectivity index (χ0) is 15.7. The van der Waals surface area contributed by atoms with E-state index in [2.05, 4.69) is 15.2 Å². The van der Waals surface area contributed by atoms with Crippen molar-refractivity contribution >= 4 is 23.7 Å². The fraction of sp³-hybridized carbons (Fsp3) is 0.154. The van der Waals surface area contributed by atoms with Crippen LogP contribution in [0.4, 0.5) is 13.2 Å². The maximum Gasteiger partial charge on any atom is 0.433 e. The third kappa shape index (κ3) is 3.80. The SMILES string of the molecule is Cl.O=c1[nH]ncn1Cc1ccc(-c2ccc(C(F)(F)F)nc2)s1. The summed E-state index contributed by atoms with van der Waals surface area (Å²) in [6.45, 7) is 0.355. The molecule has 3 rings (SSSR count). The highest BCUT2D eigenvalue weighted by atomic mass is 35.5. The second-order valence-electron chi connectivity index (χ2n) is 4.49. The van der Waals surface area contributed by atoms with Crippen molar-refractivity contribution in [2.45, 2.75) is 12.7 Å². The summed E-state index contributed by atoms with van der Waals surface area (Å²) in [6, 6.07) is 5.94. The van der Waals surface area contributed by atoms with Gasteiger partial charge in [0.2, 0.25) is 0 Å². The van der Waals surface area contributed by atoms with Gasteiger partial charge in [0.15, 0.2) is 0 Å². The fourth-order valence-corrected chi connectivity index (χ4v) is 2.87. The highest BCUT2D eigenvalue weighted by Gasteiger charge is 2.32. The molecule has 0 aliphatic carbocycles. The average molecular weight is 363 g/mol. The highest BCUT2D eigenvalue weighted by Crippen LogP contribution is 2.31. The van der Waals surface area contributed by atoms with Crippen LogP contribution in [0.15, 0.2) is 41.6 Å². The van der Waals surface area contributed by atoms with E-state index in [-0.39, 0.29) is 18.1 Å². The Kier molecular flexibility index (Phi) is 4.90. The maximum absolute atomic E-state index is 12.5. The summed E-state index contributed by atoms with van der Waals surface area (Å²) in [4.78, 5) is 16.5. The van der Waals surface area contributed by atoms with E-state index in [1.165, 1.54) is 34.5 Å². The topological polar surface area (TPSA) is 63.6 Å². The number of nitrogens with one attached hydrogen (secondary N) is 1. The van der Waals surface area contributed by atoms with Crippen molar-refractivity contribution in [3.05, 3.63) is 57.8 Å². The molecule has 1 N–H and O–H groups in total. The summed E-state index contributed by atoms with van der Waals surface area (Å²) in [5.41, 5.74) is -0.632. The lowest BCUT2D eigenvalue weighted by atomic mass is 10.2. The minimum Gasteiger partial charge on any atom is -0.276 e. The summed E-state index contributed by atoms with van der Waals surface area (Å²) in [5.74, 6) is 0. The first-order valence-corrected chi connectivity index (χ1v) is 6.97. The zero-order valence-corrected chi connectivity index (χ0v) is 13.0. The van der Waals surface area contributed by atoms with E-state index in [1.54, 1.807) is 6.07 Å². The molecule has 23 heavy (non-hydrogen) atoms. The van der Waals surface area contributed by atoms with Gasteiger partial charge in [-0.05, 0) is 24.3 Å². The van der Waals surface area contributed by atoms with Gasteiger partial charge in [0, 0.05) is 21.5 Å². The van der Waals surface area contributed by atoms with Crippen molar-refractivity contribution in [3.8, 4) is 10.4 Å². The largest absolute Gasteiger partial charge is 0.433 e. The number of H-pyrrole nitrogens is 1. The van der Waals surface area contributed by atoms with Gasteiger partial charge in [-0.1, -0.05) is 0 Å². The molecule has 3 aromatic heterocycles. The Morgan fingerprint density at radius 2 is 2.00 bits per heavy atom. The van der Waals surface area contributed by atoms with E-state index >= 15 is 0 Å². The third-order valence-corrected chi connectivity index (χ3v) is 4.06. The Hall–Kier alpha value is -2.13. The molecule has 0 aliphatic rings. The second kappa shape index (κ2) is 6.55. The van der Waals surface area contributed by atoms with E-state index in [4.69, 9.17) is 0 Å². The van der Waals surface area contributed by atoms with Crippen molar-refractivity contribution in [2.24, 2.45) is 0 Å². The molecule has 10 heteroatoms. The van der Waals surface area contributed by atoms with Crippen LogP contribution in [0.3, 0.4) is 0 Å². The van der Waals surface area contributed by atoms with Gasteiger partial charge in [-0.3, -0.25) is 9.55 Å². The van der Waals surface area contributed by atoms with Gasteiger partial charge in [0.1, 0.15) is 12.0 Å². The van der Waals surface area contributed by atoms with E-state index in [1.807, 2.05) is 6.07 Å². The maximum atomic E-state index is 12.5. The fourth-order valence-electron chi connectivity index (χ4n) is 1.88. The lowest BCUT2D eigenvalue weighted by molar-refractivity contribution is -0.141. The Morgan fingerprint density at radius 1 is 1.22 bits per heavy atom. The molecule has 122 valence electrons. The number of hydrogen-bond donors (Lipinski definition) is 1. The molecule has 0 fully saturated rings. The molecule has 0 atom stereocenters. The number of thiophene rings is 1. The number of hydrogen-bond acceptors (Lipinski definition) is 4. The molecule has 0 unspecified atom stereocenters. The van der Waals surface area contributed by atoms with Gasteiger partial charge in [-0.15, -0.1) is 23.7 Å². The molecular formula is C13H10ClF3N4OS. The van der Waals surface area contributed by atoms with Crippen LogP contribution in [-0.2, 0) is 12.7 Å². The van der Waals surface area contributed by atoms with E-state index in [9.17, 15) is 18.0 Å². The van der Waals surface area contributed by atoms with Crippen LogP contribution in [0.2, 0.25) is 0 Å². The standard InChI is InChI=1S/C13H9F3N4OS.ClH/c14-13(15,16)11-4-1-8(5-17-11)10-3-2-9(22-10)6-20-7-18-19-12(20)21;/h1-5,7H,6H2,(H,19,21);1H. The highest BCUT2D eigenvalue weighted by molar-refractivity contribution is 7.15. The van der Waals surface area contributed by atoms with Crippen molar-refractivity contribution in [3.63, 3.8) is 0 Å². The monoisotopic (exact) mass is 362 g/mol. The number of rotatable bonds is 3. The second-order valence-corrected chi connectivity index (χ2v) is 5.65. The van der Waals surface area contributed by atoms with Gasteiger partial charge in [0.25, 0.3) is 0 Å². The molecule has 0 amide bonds. The van der Waals surface area contributed by atoms with Crippen LogP contribution in [0.25, 0.3) is 10.4 Å². The van der Waals surface area contributed by atoms with Gasteiger partial charge in [-0.2, -0.15) is 18.3 Å². The summed E-state index contributed by atoms with van der Waals surface area (Å²) < 4.78 is 38.8. The van der Waals surface area contributed by atoms with Crippen molar-refractivity contribution in [2.75, 3.05) is 0 Å². The minimum atomic E-state index is -4.44. The van der Waals surface area contributed by atoms with Crippen LogP contribution < -0.4 is 5.69 Å². The number of aromatic amines is 1. The predicted octanol–water partition coefficient (Wildman–Crippen LogP) is 3.18. The molecule has 0 aliphatic heterocycles. The molecule has 3 heterocycles. The molecular weight excluding hydrogens is 353 g/mol. The first-order valence-electron chi connectivity index (χ1n) is 6.15. The Labute approximate surface area is 138 Å². The molecule has 0 saturated carbocycles. The summed E-state index contributed by atoms with van der Waals surface area (Å²) in [5, 5.41) is 5.92. The molecule has 3 aromatic rings. The normalized spacial score (nSPS) is 11.3. The number of pyridine rings is 1. The molecule has 0 radical (unpaired) electrons. The summed E-state index contributed by atoms with van der Waals surface area (Å²) in [6.07, 6.45) is -1.86. The van der Waals surface area contributed by atoms with Crippen LogP contribution in [0.1, 0.15) is 10.6 Å². The van der Waals surface area contributed by atoms with Crippen LogP contribution >= 0.6 is 23.7 Å². The molecule has 5 nitrogen and oxygen atoms in total. The smallest absolute Gasteiger partial charge is 0.276 e. The van der Waals surface area contributed by atoms with Gasteiger partial charge >= 0.3 is 11.9 Å². The third-order valence-electron chi connectivity index (χ3n) is 2.94. The summed E-state index contributed by atoms with van der Waals surface area (Å²) in [7, 11) is 0. The van der Waals surface area contributed by atoms with Crippen LogP contribution in [0.5, 0.6) is 0 Å². The lowest BCUT2D eigenvalue weighted by Crippen LogP contribution is -2.16. The molecule has 0 bridgehead atoms. The van der Waals surface area contributed by atoms with Gasteiger partial charge < -0.3 is 0 Å². The van der Waals surface area contributed by atoms with E-state index in [0.717, 1.165) is 15.8 Å². The van der Waals surface area contributed by atoms with E-state index in [0.29, 0.717) is 12.1 Å². The Morgan fingerprint density at radius 3 is 2.57 bits per heavy atom. The number of alkyl halides is 3. The Balaban J connectivity index is 0.00000192. The van der Waals surface area contributed by atoms with Crippen LogP contribution in [0, 0.1) is 0 Å².